The van der Waals surface area contributed by atoms with E-state index < -0.39 is 0 Å². The average molecular weight is 346 g/mol. The topological polar surface area (TPSA) is 38.9 Å². The minimum absolute atomic E-state index is 0.413. The van der Waals surface area contributed by atoms with Crippen molar-refractivity contribution in [2.24, 2.45) is 7.05 Å². The van der Waals surface area contributed by atoms with Gasteiger partial charge in [-0.15, -0.1) is 0 Å². The number of aromatic nitrogens is 4. The zero-order chi connectivity index (χ0) is 14.4. The fourth-order valence-corrected chi connectivity index (χ4v) is 3.37. The lowest BCUT2D eigenvalue weighted by Crippen LogP contribution is -2.23. The zero-order valence-corrected chi connectivity index (χ0v) is 13.4. The van der Waals surface area contributed by atoms with Gasteiger partial charge in [0.2, 0.25) is 5.95 Å². The van der Waals surface area contributed by atoms with Gasteiger partial charge in [-0.05, 0) is 34.5 Å². The minimum Gasteiger partial charge on any atom is -0.340 e. The Kier molecular flexibility index (Phi) is 2.99. The van der Waals surface area contributed by atoms with Crippen molar-refractivity contribution in [3.8, 4) is 0 Å². The Bertz CT molecular complexity index is 790. The second-order valence-corrected chi connectivity index (χ2v) is 6.40. The molecule has 0 radical (unpaired) electrons. The molecule has 2 aromatic heterocycles. The highest BCUT2D eigenvalue weighted by molar-refractivity contribution is 9.10. The molecular weight excluding hydrogens is 330 g/mol. The molecule has 21 heavy (non-hydrogen) atoms. The number of rotatable bonds is 2. The highest BCUT2D eigenvalue weighted by Crippen LogP contribution is 2.28. The first-order chi connectivity index (χ1) is 10.2. The van der Waals surface area contributed by atoms with E-state index in [2.05, 4.69) is 55.7 Å². The van der Waals surface area contributed by atoms with Crippen molar-refractivity contribution in [2.75, 3.05) is 18.0 Å². The summed E-state index contributed by atoms with van der Waals surface area (Å²) in [6.45, 7) is 1.96. The second kappa shape index (κ2) is 4.87. The molecule has 1 aromatic carbocycles. The maximum absolute atomic E-state index is 4.78. The van der Waals surface area contributed by atoms with Crippen LogP contribution in [0.25, 0.3) is 11.0 Å². The SMILES string of the molecule is Cn1c(N2CCC(n3cc(Br)cn3)C2)nc2ccccc21. The summed E-state index contributed by atoms with van der Waals surface area (Å²) in [6, 6.07) is 8.69. The zero-order valence-electron chi connectivity index (χ0n) is 11.8. The molecule has 0 amide bonds. The van der Waals surface area contributed by atoms with Gasteiger partial charge in [0.05, 0.1) is 27.7 Å². The normalized spacial score (nSPS) is 18.8. The van der Waals surface area contributed by atoms with Crippen molar-refractivity contribution in [1.82, 2.24) is 19.3 Å². The Hall–Kier alpha value is -1.82. The largest absolute Gasteiger partial charge is 0.340 e. The lowest BCUT2D eigenvalue weighted by Gasteiger charge is -2.17. The fourth-order valence-electron chi connectivity index (χ4n) is 3.07. The molecule has 1 atom stereocenters. The molecule has 0 N–H and O–H groups in total. The quantitative estimate of drug-likeness (QED) is 0.716. The smallest absolute Gasteiger partial charge is 0.206 e. The van der Waals surface area contributed by atoms with E-state index in [1.807, 2.05) is 23.1 Å². The van der Waals surface area contributed by atoms with Crippen molar-refractivity contribution in [3.63, 3.8) is 0 Å². The van der Waals surface area contributed by atoms with Gasteiger partial charge in [0.25, 0.3) is 0 Å². The van der Waals surface area contributed by atoms with Gasteiger partial charge >= 0.3 is 0 Å². The lowest BCUT2D eigenvalue weighted by molar-refractivity contribution is 0.494. The van der Waals surface area contributed by atoms with Crippen LogP contribution in [0.15, 0.2) is 41.1 Å². The Morgan fingerprint density at radius 2 is 2.14 bits per heavy atom. The molecule has 1 unspecified atom stereocenters. The molecule has 3 heterocycles. The maximum Gasteiger partial charge on any atom is 0.206 e. The van der Waals surface area contributed by atoms with E-state index in [9.17, 15) is 0 Å². The summed E-state index contributed by atoms with van der Waals surface area (Å²) in [5.74, 6) is 1.05. The van der Waals surface area contributed by atoms with E-state index in [0.717, 1.165) is 35.4 Å². The number of imidazole rings is 1. The Morgan fingerprint density at radius 3 is 2.90 bits per heavy atom. The van der Waals surface area contributed by atoms with Crippen molar-refractivity contribution >= 4 is 32.9 Å². The Morgan fingerprint density at radius 1 is 1.29 bits per heavy atom. The highest BCUT2D eigenvalue weighted by atomic mass is 79.9. The van der Waals surface area contributed by atoms with Crippen LogP contribution in [0.5, 0.6) is 0 Å². The highest BCUT2D eigenvalue weighted by Gasteiger charge is 2.27. The van der Waals surface area contributed by atoms with Crippen LogP contribution in [-0.2, 0) is 7.05 Å². The van der Waals surface area contributed by atoms with Crippen LogP contribution in [0.3, 0.4) is 0 Å². The molecule has 6 heteroatoms. The first-order valence-corrected chi connectivity index (χ1v) is 7.88. The number of halogens is 1. The Labute approximate surface area is 131 Å². The summed E-state index contributed by atoms with van der Waals surface area (Å²) in [4.78, 5) is 7.13. The molecule has 1 aliphatic rings. The minimum atomic E-state index is 0.413. The van der Waals surface area contributed by atoms with E-state index >= 15 is 0 Å². The summed E-state index contributed by atoms with van der Waals surface area (Å²) in [5.41, 5.74) is 2.23. The molecule has 5 nitrogen and oxygen atoms in total. The molecule has 1 saturated heterocycles. The van der Waals surface area contributed by atoms with Gasteiger partial charge in [-0.1, -0.05) is 12.1 Å². The summed E-state index contributed by atoms with van der Waals surface area (Å²) in [5, 5.41) is 4.41. The van der Waals surface area contributed by atoms with Gasteiger partial charge in [-0.3, -0.25) is 4.68 Å². The van der Waals surface area contributed by atoms with Crippen molar-refractivity contribution in [2.45, 2.75) is 12.5 Å². The van der Waals surface area contributed by atoms with Crippen molar-refractivity contribution in [3.05, 3.63) is 41.1 Å². The molecular formula is C15H16BrN5. The van der Waals surface area contributed by atoms with Crippen LogP contribution in [0, 0.1) is 0 Å². The van der Waals surface area contributed by atoms with Crippen LogP contribution in [0.1, 0.15) is 12.5 Å². The molecule has 1 fully saturated rings. The van der Waals surface area contributed by atoms with Crippen LogP contribution in [0.2, 0.25) is 0 Å². The van der Waals surface area contributed by atoms with Crippen LogP contribution in [0.4, 0.5) is 5.95 Å². The lowest BCUT2D eigenvalue weighted by atomic mass is 10.3. The second-order valence-electron chi connectivity index (χ2n) is 5.49. The molecule has 0 aliphatic carbocycles. The number of fused-ring (bicyclic) bond motifs is 1. The number of para-hydroxylation sites is 2. The average Bonchev–Trinajstić information content (AvgIpc) is 3.18. The number of aryl methyl sites for hydroxylation is 1. The summed E-state index contributed by atoms with van der Waals surface area (Å²) in [7, 11) is 2.09. The standard InChI is InChI=1S/C15H16BrN5/c1-19-14-5-3-2-4-13(14)18-15(19)20-7-6-12(10-20)21-9-11(16)8-17-21/h2-5,8-9,12H,6-7,10H2,1H3. The van der Waals surface area contributed by atoms with E-state index in [1.54, 1.807) is 0 Å². The van der Waals surface area contributed by atoms with E-state index in [4.69, 9.17) is 4.98 Å². The number of nitrogens with zero attached hydrogens (tertiary/aromatic N) is 5. The molecule has 0 spiro atoms. The fraction of sp³-hybridized carbons (Fsp3) is 0.333. The summed E-state index contributed by atoms with van der Waals surface area (Å²) < 4.78 is 5.26. The van der Waals surface area contributed by atoms with E-state index in [-0.39, 0.29) is 0 Å². The molecule has 0 bridgehead atoms. The van der Waals surface area contributed by atoms with Gasteiger partial charge in [0.15, 0.2) is 0 Å². The summed E-state index contributed by atoms with van der Waals surface area (Å²) >= 11 is 3.46. The number of anilines is 1. The molecule has 3 aromatic rings. The van der Waals surface area contributed by atoms with Crippen molar-refractivity contribution < 1.29 is 0 Å². The van der Waals surface area contributed by atoms with Crippen LogP contribution >= 0.6 is 15.9 Å². The molecule has 4 rings (SSSR count). The third-order valence-electron chi connectivity index (χ3n) is 4.15. The van der Waals surface area contributed by atoms with E-state index in [1.165, 1.54) is 5.52 Å². The van der Waals surface area contributed by atoms with Gasteiger partial charge in [-0.25, -0.2) is 4.98 Å². The van der Waals surface area contributed by atoms with E-state index in [0.29, 0.717) is 6.04 Å². The number of hydrogen-bond acceptors (Lipinski definition) is 3. The first-order valence-electron chi connectivity index (χ1n) is 7.08. The molecule has 0 saturated carbocycles. The first kappa shape index (κ1) is 12.9. The predicted molar refractivity (Wildman–Crippen MR) is 86.5 cm³/mol. The summed E-state index contributed by atoms with van der Waals surface area (Å²) in [6.07, 6.45) is 4.98. The van der Waals surface area contributed by atoms with Crippen molar-refractivity contribution in [1.29, 1.82) is 0 Å². The third kappa shape index (κ3) is 2.14. The number of benzene rings is 1. The third-order valence-corrected chi connectivity index (χ3v) is 4.56. The Balaban J connectivity index is 1.63. The molecule has 108 valence electrons. The number of hydrogen-bond donors (Lipinski definition) is 0. The van der Waals surface area contributed by atoms with Gasteiger partial charge in [0.1, 0.15) is 0 Å². The van der Waals surface area contributed by atoms with Crippen LogP contribution < -0.4 is 4.90 Å². The maximum atomic E-state index is 4.78. The van der Waals surface area contributed by atoms with Crippen LogP contribution in [-0.4, -0.2) is 32.4 Å². The molecule has 1 aliphatic heterocycles. The monoisotopic (exact) mass is 345 g/mol. The predicted octanol–water partition coefficient (Wildman–Crippen LogP) is 2.98. The van der Waals surface area contributed by atoms with Gasteiger partial charge in [-0.2, -0.15) is 5.10 Å². The van der Waals surface area contributed by atoms with Gasteiger partial charge < -0.3 is 9.47 Å². The van der Waals surface area contributed by atoms with Gasteiger partial charge in [0, 0.05) is 26.3 Å².